The minimum absolute atomic E-state index is 0.0975. The molecule has 0 amide bonds. The molecule has 0 N–H and O–H groups in total. The summed E-state index contributed by atoms with van der Waals surface area (Å²) in [5.41, 5.74) is 4.71. The number of fused-ring (bicyclic) bond motifs is 3. The Morgan fingerprint density at radius 1 is 0.692 bits per heavy atom. The summed E-state index contributed by atoms with van der Waals surface area (Å²) in [5.74, 6) is 2.55. The van der Waals surface area contributed by atoms with Crippen molar-refractivity contribution in [2.45, 2.75) is 36.9 Å². The molecule has 2 unspecified atom stereocenters. The molecule has 2 nitrogen and oxygen atoms in total. The normalized spacial score (nSPS) is 29.3. The number of hydrogen-bond donors (Lipinski definition) is 0. The summed E-state index contributed by atoms with van der Waals surface area (Å²) in [6.45, 7) is 4.43. The zero-order valence-electron chi connectivity index (χ0n) is 14.9. The van der Waals surface area contributed by atoms with Crippen molar-refractivity contribution in [3.8, 4) is 22.6 Å². The van der Waals surface area contributed by atoms with Crippen LogP contribution in [0.1, 0.15) is 36.8 Å². The molecule has 0 saturated carbocycles. The number of ether oxygens (including phenoxy) is 1. The lowest BCUT2D eigenvalue weighted by Crippen LogP contribution is -2.25. The molecule has 2 heterocycles. The second-order valence-corrected chi connectivity index (χ2v) is 8.07. The van der Waals surface area contributed by atoms with Crippen LogP contribution in [-0.2, 0) is 4.74 Å². The van der Waals surface area contributed by atoms with E-state index < -0.39 is 0 Å². The number of furan rings is 1. The van der Waals surface area contributed by atoms with Gasteiger partial charge in [0.15, 0.2) is 0 Å². The topological polar surface area (TPSA) is 25.7 Å². The number of rotatable bonds is 2. The fraction of sp³-hybridized carbons (Fsp3) is 0.250. The lowest BCUT2D eigenvalue weighted by atomic mass is 9.83. The number of benzene rings is 2. The average molecular weight is 340 g/mol. The molecule has 2 aromatic carbocycles. The van der Waals surface area contributed by atoms with Crippen LogP contribution in [0.3, 0.4) is 0 Å². The minimum atomic E-state index is -0.124. The van der Waals surface area contributed by atoms with Gasteiger partial charge in [0.05, 0.1) is 5.60 Å². The van der Waals surface area contributed by atoms with Crippen LogP contribution in [0.25, 0.3) is 22.6 Å². The molecule has 0 radical (unpaired) electrons. The van der Waals surface area contributed by atoms with E-state index in [0.717, 1.165) is 22.6 Å². The Balaban J connectivity index is 1.63. The first-order valence-corrected chi connectivity index (χ1v) is 9.29. The number of epoxide rings is 1. The first-order valence-electron chi connectivity index (χ1n) is 9.29. The Kier molecular flexibility index (Phi) is 2.56. The van der Waals surface area contributed by atoms with Crippen molar-refractivity contribution in [1.29, 1.82) is 0 Å². The van der Waals surface area contributed by atoms with Gasteiger partial charge < -0.3 is 9.15 Å². The van der Waals surface area contributed by atoms with Crippen molar-refractivity contribution in [2.24, 2.45) is 0 Å². The Labute approximate surface area is 153 Å². The van der Waals surface area contributed by atoms with Crippen molar-refractivity contribution >= 4 is 0 Å². The van der Waals surface area contributed by atoms with Crippen LogP contribution in [0.4, 0.5) is 0 Å². The van der Waals surface area contributed by atoms with Gasteiger partial charge in [-0.1, -0.05) is 72.8 Å². The highest BCUT2D eigenvalue weighted by Gasteiger charge is 2.77. The standard InChI is InChI=1S/C24H20O2/c1-23(2)24(26-23)17-13-14-18(24)20-19(17)21(15-9-5-3-6-10-15)25-22(20)16-11-7-4-8-12-16/h3-14,17-18H,1-2H3. The molecule has 6 rings (SSSR count). The Bertz CT molecular complexity index is 969. The molecule has 128 valence electrons. The Hall–Kier alpha value is -2.58. The Morgan fingerprint density at radius 3 is 1.50 bits per heavy atom. The van der Waals surface area contributed by atoms with Crippen LogP contribution in [0, 0.1) is 0 Å². The fourth-order valence-electron chi connectivity index (χ4n) is 5.28. The van der Waals surface area contributed by atoms with E-state index in [0.29, 0.717) is 0 Å². The van der Waals surface area contributed by atoms with E-state index in [4.69, 9.17) is 9.15 Å². The molecule has 2 heteroatoms. The first kappa shape index (κ1) is 14.6. The van der Waals surface area contributed by atoms with Crippen LogP contribution in [-0.4, -0.2) is 11.2 Å². The van der Waals surface area contributed by atoms with E-state index in [1.54, 1.807) is 0 Å². The summed E-state index contributed by atoms with van der Waals surface area (Å²) in [6.07, 6.45) is 4.66. The summed E-state index contributed by atoms with van der Waals surface area (Å²) in [6, 6.07) is 20.9. The quantitative estimate of drug-likeness (QED) is 0.428. The summed E-state index contributed by atoms with van der Waals surface area (Å²) < 4.78 is 12.9. The van der Waals surface area contributed by atoms with E-state index in [9.17, 15) is 0 Å². The van der Waals surface area contributed by atoms with Gasteiger partial charge in [0.1, 0.15) is 17.1 Å². The molecule has 1 saturated heterocycles. The molecular formula is C24H20O2. The van der Waals surface area contributed by atoms with Gasteiger partial charge in [0.25, 0.3) is 0 Å². The molecule has 2 aliphatic carbocycles. The molecule has 3 aliphatic rings. The lowest BCUT2D eigenvalue weighted by molar-refractivity contribution is 0.265. The van der Waals surface area contributed by atoms with Gasteiger partial charge in [-0.2, -0.15) is 0 Å². The third-order valence-electron chi connectivity index (χ3n) is 6.42. The zero-order chi connectivity index (χ0) is 17.5. The van der Waals surface area contributed by atoms with Gasteiger partial charge in [-0.15, -0.1) is 0 Å². The third kappa shape index (κ3) is 1.57. The second kappa shape index (κ2) is 4.57. The number of hydrogen-bond acceptors (Lipinski definition) is 2. The molecule has 2 atom stereocenters. The summed E-state index contributed by atoms with van der Waals surface area (Å²) in [4.78, 5) is 0. The van der Waals surface area contributed by atoms with Crippen molar-refractivity contribution in [3.63, 3.8) is 0 Å². The molecule has 3 aromatic rings. The summed E-state index contributed by atoms with van der Waals surface area (Å²) in [5, 5.41) is 0. The van der Waals surface area contributed by atoms with Crippen molar-refractivity contribution in [1.82, 2.24) is 0 Å². The molecule has 26 heavy (non-hydrogen) atoms. The van der Waals surface area contributed by atoms with Gasteiger partial charge in [-0.3, -0.25) is 0 Å². The largest absolute Gasteiger partial charge is 0.455 e. The smallest absolute Gasteiger partial charge is 0.139 e. The lowest BCUT2D eigenvalue weighted by Gasteiger charge is -2.16. The van der Waals surface area contributed by atoms with Crippen LogP contribution in [0.15, 0.2) is 77.2 Å². The van der Waals surface area contributed by atoms with E-state index in [-0.39, 0.29) is 23.0 Å². The van der Waals surface area contributed by atoms with Crippen LogP contribution < -0.4 is 0 Å². The molecule has 1 aromatic heterocycles. The molecule has 1 aliphatic heterocycles. The van der Waals surface area contributed by atoms with Gasteiger partial charge in [0.2, 0.25) is 0 Å². The highest BCUT2D eigenvalue weighted by atomic mass is 16.6. The van der Waals surface area contributed by atoms with Crippen molar-refractivity contribution in [2.75, 3.05) is 0 Å². The summed E-state index contributed by atoms with van der Waals surface area (Å²) in [7, 11) is 0. The third-order valence-corrected chi connectivity index (χ3v) is 6.42. The van der Waals surface area contributed by atoms with E-state index in [1.165, 1.54) is 11.1 Å². The monoisotopic (exact) mass is 340 g/mol. The maximum atomic E-state index is 6.53. The van der Waals surface area contributed by atoms with Crippen LogP contribution >= 0.6 is 0 Å². The van der Waals surface area contributed by atoms with Crippen molar-refractivity contribution < 1.29 is 9.15 Å². The maximum absolute atomic E-state index is 6.53. The first-order chi connectivity index (χ1) is 12.6. The van der Waals surface area contributed by atoms with E-state index in [2.05, 4.69) is 74.5 Å². The second-order valence-electron chi connectivity index (χ2n) is 8.07. The van der Waals surface area contributed by atoms with Crippen molar-refractivity contribution in [3.05, 3.63) is 83.9 Å². The van der Waals surface area contributed by atoms with Gasteiger partial charge >= 0.3 is 0 Å². The van der Waals surface area contributed by atoms with Crippen LogP contribution in [0.5, 0.6) is 0 Å². The SMILES string of the molecule is CC1(C)OC12C1C=CC2c2c(-c3ccccc3)oc(-c3ccccc3)c21. The molecule has 2 bridgehead atoms. The highest BCUT2D eigenvalue weighted by Crippen LogP contribution is 2.73. The molecule has 1 fully saturated rings. The van der Waals surface area contributed by atoms with E-state index in [1.807, 2.05) is 12.1 Å². The van der Waals surface area contributed by atoms with Gasteiger partial charge in [0, 0.05) is 34.1 Å². The van der Waals surface area contributed by atoms with Gasteiger partial charge in [-0.25, -0.2) is 0 Å². The van der Waals surface area contributed by atoms with E-state index >= 15 is 0 Å². The minimum Gasteiger partial charge on any atom is -0.455 e. The summed E-state index contributed by atoms with van der Waals surface area (Å²) >= 11 is 0. The highest BCUT2D eigenvalue weighted by molar-refractivity contribution is 5.80. The Morgan fingerprint density at radius 2 is 1.12 bits per heavy atom. The van der Waals surface area contributed by atoms with Gasteiger partial charge in [-0.05, 0) is 13.8 Å². The molecule has 1 spiro atoms. The zero-order valence-corrected chi connectivity index (χ0v) is 14.9. The fourth-order valence-corrected chi connectivity index (χ4v) is 5.28. The predicted molar refractivity (Wildman–Crippen MR) is 102 cm³/mol. The predicted octanol–water partition coefficient (Wildman–Crippen LogP) is 5.91. The van der Waals surface area contributed by atoms with Crippen LogP contribution in [0.2, 0.25) is 0 Å². The average Bonchev–Trinajstić information content (AvgIpc) is 3.00. The molecular weight excluding hydrogens is 320 g/mol. The maximum Gasteiger partial charge on any atom is 0.139 e.